The molecule has 0 aromatic heterocycles. The molecular formula is C33H45ClN3O11P. The largest absolute Gasteiger partial charge is 0.524 e. The molecule has 1 fully saturated rings. The molecule has 49 heavy (non-hydrogen) atoms. The van der Waals surface area contributed by atoms with Crippen molar-refractivity contribution in [2.75, 3.05) is 19.9 Å². The van der Waals surface area contributed by atoms with Crippen molar-refractivity contribution in [2.45, 2.75) is 72.6 Å². The number of nitrogens with one attached hydrogen (secondary N) is 2. The molecule has 2 aromatic carbocycles. The molecule has 2 unspecified atom stereocenters. The molecule has 3 amide bonds. The second-order valence-corrected chi connectivity index (χ2v) is 15.0. The Balaban J connectivity index is 1.44. The van der Waals surface area contributed by atoms with Gasteiger partial charge in [-0.3, -0.25) is 19.4 Å². The standard InChI is InChI=1S/C33H45ClN3O11P/c1-21(2)28(29(39)37-16-15-24(32(3,4)19-37)17-22-7-11-25(34)12-8-22)35-30(40)36-33(5,6)47-31(41)46-20-45-27(38)18-23-9-13-26(14-10-23)48-49(42,43)44/h7-14,21,24,28H,15-20H2,1-6H3,(H2,35,36,40)(H2,42,43,44). The molecule has 14 nitrogen and oxygen atoms in total. The lowest BCUT2D eigenvalue weighted by molar-refractivity contribution is -0.153. The number of nitrogens with zero attached hydrogens (tertiary/aromatic N) is 1. The van der Waals surface area contributed by atoms with Gasteiger partial charge >= 0.3 is 26.0 Å². The van der Waals surface area contributed by atoms with Gasteiger partial charge in [-0.05, 0) is 79.3 Å². The summed E-state index contributed by atoms with van der Waals surface area (Å²) in [6, 6.07) is 11.6. The van der Waals surface area contributed by atoms with Gasteiger partial charge in [0, 0.05) is 18.1 Å². The van der Waals surface area contributed by atoms with Gasteiger partial charge in [0.15, 0.2) is 5.72 Å². The third-order valence-corrected chi connectivity index (χ3v) is 8.72. The second-order valence-electron chi connectivity index (χ2n) is 13.4. The summed E-state index contributed by atoms with van der Waals surface area (Å²) in [5, 5.41) is 5.92. The maximum atomic E-state index is 13.7. The summed E-state index contributed by atoms with van der Waals surface area (Å²) in [4.78, 5) is 70.4. The number of likely N-dealkylation sites (tertiary alicyclic amines) is 1. The number of hydrogen-bond donors (Lipinski definition) is 4. The third-order valence-electron chi connectivity index (χ3n) is 8.02. The zero-order valence-electron chi connectivity index (χ0n) is 28.4. The normalized spacial score (nSPS) is 16.7. The SMILES string of the molecule is CC(C)C(NC(=O)NC(C)(C)OC(=O)OCOC(=O)Cc1ccc(OP(=O)(O)O)cc1)C(=O)N1CCC(Cc2ccc(Cl)cc2)C(C)(C)C1. The molecule has 1 heterocycles. The topological polar surface area (TPSA) is 190 Å². The Bertz CT molecular complexity index is 1510. The molecule has 1 aliphatic heterocycles. The summed E-state index contributed by atoms with van der Waals surface area (Å²) in [7, 11) is -4.71. The van der Waals surface area contributed by atoms with E-state index >= 15 is 0 Å². The maximum absolute atomic E-state index is 13.7. The van der Waals surface area contributed by atoms with Gasteiger partial charge in [-0.25, -0.2) is 14.2 Å². The zero-order chi connectivity index (χ0) is 36.6. The van der Waals surface area contributed by atoms with E-state index in [0.29, 0.717) is 29.6 Å². The van der Waals surface area contributed by atoms with E-state index < -0.39 is 44.5 Å². The van der Waals surface area contributed by atoms with Crippen LogP contribution in [0.4, 0.5) is 9.59 Å². The van der Waals surface area contributed by atoms with Crippen LogP contribution in [-0.4, -0.2) is 70.4 Å². The number of urea groups is 1. The van der Waals surface area contributed by atoms with Crippen LogP contribution in [-0.2, 0) is 41.2 Å². The van der Waals surface area contributed by atoms with Crippen molar-refractivity contribution in [3.63, 3.8) is 0 Å². The van der Waals surface area contributed by atoms with Crippen LogP contribution in [0, 0.1) is 17.3 Å². The van der Waals surface area contributed by atoms with E-state index in [-0.39, 0.29) is 29.4 Å². The van der Waals surface area contributed by atoms with E-state index in [1.807, 2.05) is 38.1 Å². The Morgan fingerprint density at radius 2 is 1.63 bits per heavy atom. The summed E-state index contributed by atoms with van der Waals surface area (Å²) in [5.41, 5.74) is -0.0921. The number of benzene rings is 2. The molecule has 270 valence electrons. The highest BCUT2D eigenvalue weighted by atomic mass is 35.5. The summed E-state index contributed by atoms with van der Waals surface area (Å²) in [5.74, 6) is -0.924. The number of ether oxygens (including phenoxy) is 3. The van der Waals surface area contributed by atoms with Crippen molar-refractivity contribution in [2.24, 2.45) is 17.3 Å². The maximum Gasteiger partial charge on any atom is 0.524 e. The number of carbonyl (C=O) groups is 4. The Morgan fingerprint density at radius 1 is 1.02 bits per heavy atom. The summed E-state index contributed by atoms with van der Waals surface area (Å²) >= 11 is 6.04. The lowest BCUT2D eigenvalue weighted by atomic mass is 9.71. The Morgan fingerprint density at radius 3 is 2.20 bits per heavy atom. The molecule has 1 aliphatic rings. The molecule has 1 saturated heterocycles. The minimum Gasteiger partial charge on any atom is -0.427 e. The van der Waals surface area contributed by atoms with Crippen LogP contribution in [0.1, 0.15) is 59.1 Å². The smallest absolute Gasteiger partial charge is 0.427 e. The lowest BCUT2D eigenvalue weighted by Crippen LogP contribution is -2.59. The molecule has 0 radical (unpaired) electrons. The number of halogens is 1. The van der Waals surface area contributed by atoms with E-state index in [9.17, 15) is 23.7 Å². The fourth-order valence-electron chi connectivity index (χ4n) is 5.46. The summed E-state index contributed by atoms with van der Waals surface area (Å²) < 4.78 is 30.2. The fraction of sp³-hybridized carbons (Fsp3) is 0.515. The minimum absolute atomic E-state index is 0.0847. The second kappa shape index (κ2) is 16.7. The van der Waals surface area contributed by atoms with Crippen molar-refractivity contribution < 1.29 is 52.3 Å². The highest BCUT2D eigenvalue weighted by molar-refractivity contribution is 7.46. The lowest BCUT2D eigenvalue weighted by Gasteiger charge is -2.45. The third kappa shape index (κ3) is 13.2. The van der Waals surface area contributed by atoms with Crippen molar-refractivity contribution in [3.05, 3.63) is 64.7 Å². The average Bonchev–Trinajstić information content (AvgIpc) is 2.97. The molecule has 2 atom stereocenters. The van der Waals surface area contributed by atoms with Crippen molar-refractivity contribution in [1.82, 2.24) is 15.5 Å². The first-order valence-corrected chi connectivity index (χ1v) is 17.6. The van der Waals surface area contributed by atoms with Crippen LogP contribution >= 0.6 is 19.4 Å². The van der Waals surface area contributed by atoms with Crippen LogP contribution in [0.2, 0.25) is 5.02 Å². The number of hydrogen-bond acceptors (Lipinski definition) is 9. The number of rotatable bonds is 13. The van der Waals surface area contributed by atoms with Crippen LogP contribution in [0.25, 0.3) is 0 Å². The van der Waals surface area contributed by atoms with Crippen LogP contribution < -0.4 is 15.2 Å². The predicted octanol–water partition coefficient (Wildman–Crippen LogP) is 5.19. The predicted molar refractivity (Wildman–Crippen MR) is 179 cm³/mol. The monoisotopic (exact) mass is 725 g/mol. The molecule has 0 aliphatic carbocycles. The minimum atomic E-state index is -4.71. The van der Waals surface area contributed by atoms with Crippen molar-refractivity contribution >= 4 is 43.5 Å². The van der Waals surface area contributed by atoms with E-state index in [0.717, 1.165) is 12.8 Å². The van der Waals surface area contributed by atoms with Gasteiger partial charge in [0.2, 0.25) is 12.7 Å². The highest BCUT2D eigenvalue weighted by Crippen LogP contribution is 2.38. The molecule has 4 N–H and O–H groups in total. The van der Waals surface area contributed by atoms with Gasteiger partial charge in [0.25, 0.3) is 0 Å². The first-order chi connectivity index (χ1) is 22.7. The van der Waals surface area contributed by atoms with Crippen LogP contribution in [0.15, 0.2) is 48.5 Å². The molecule has 3 rings (SSSR count). The number of piperidine rings is 1. The molecule has 0 spiro atoms. The number of carbonyl (C=O) groups excluding carboxylic acids is 4. The fourth-order valence-corrected chi connectivity index (χ4v) is 5.99. The van der Waals surface area contributed by atoms with Crippen LogP contribution in [0.3, 0.4) is 0 Å². The highest BCUT2D eigenvalue weighted by Gasteiger charge is 2.40. The van der Waals surface area contributed by atoms with Gasteiger partial charge in [-0.2, -0.15) is 0 Å². The Kier molecular flexibility index (Phi) is 13.5. The van der Waals surface area contributed by atoms with Gasteiger partial charge in [0.05, 0.1) is 6.42 Å². The first kappa shape index (κ1) is 39.6. The number of phosphoric acid groups is 1. The van der Waals surface area contributed by atoms with Gasteiger partial charge in [-0.1, -0.05) is 63.6 Å². The average molecular weight is 726 g/mol. The van der Waals surface area contributed by atoms with Crippen molar-refractivity contribution in [3.8, 4) is 5.75 Å². The molecule has 2 aromatic rings. The Labute approximate surface area is 291 Å². The van der Waals surface area contributed by atoms with Gasteiger partial charge in [-0.15, -0.1) is 0 Å². The number of esters is 1. The zero-order valence-corrected chi connectivity index (χ0v) is 30.1. The molecule has 0 bridgehead atoms. The molecular weight excluding hydrogens is 681 g/mol. The van der Waals surface area contributed by atoms with E-state index in [1.54, 1.807) is 4.90 Å². The van der Waals surface area contributed by atoms with Gasteiger partial charge in [0.1, 0.15) is 11.8 Å². The first-order valence-electron chi connectivity index (χ1n) is 15.7. The van der Waals surface area contributed by atoms with E-state index in [4.69, 9.17) is 35.6 Å². The molecule has 16 heteroatoms. The molecule has 0 saturated carbocycles. The summed E-state index contributed by atoms with van der Waals surface area (Å²) in [6.45, 7) is 11.1. The van der Waals surface area contributed by atoms with Crippen LogP contribution in [0.5, 0.6) is 5.75 Å². The van der Waals surface area contributed by atoms with Gasteiger partial charge < -0.3 is 34.3 Å². The number of phosphoric ester groups is 1. The summed E-state index contributed by atoms with van der Waals surface area (Å²) in [6.07, 6.45) is 0.228. The van der Waals surface area contributed by atoms with E-state index in [2.05, 4.69) is 29.0 Å². The van der Waals surface area contributed by atoms with Crippen molar-refractivity contribution in [1.29, 1.82) is 0 Å². The Hall–Kier alpha value is -3.84. The number of amides is 3. The quantitative estimate of drug-likeness (QED) is 0.121. The van der Waals surface area contributed by atoms with E-state index in [1.165, 1.54) is 43.7 Å².